The molecule has 0 bridgehead atoms. The quantitative estimate of drug-likeness (QED) is 0.532. The SMILES string of the molecule is O=C(NN=Cc1ccc2c(c1)OCO2)C(O)(c1ccccc1)c1ccccc1. The van der Waals surface area contributed by atoms with Crippen LogP contribution in [-0.2, 0) is 10.4 Å². The summed E-state index contributed by atoms with van der Waals surface area (Å²) in [7, 11) is 0. The highest BCUT2D eigenvalue weighted by Gasteiger charge is 2.39. The maximum atomic E-state index is 12.9. The number of carbonyl (C=O) groups excluding carboxylic acids is 1. The molecule has 1 heterocycles. The highest BCUT2D eigenvalue weighted by atomic mass is 16.7. The zero-order valence-corrected chi connectivity index (χ0v) is 14.9. The number of fused-ring (bicyclic) bond motifs is 1. The first-order valence-corrected chi connectivity index (χ1v) is 8.74. The number of nitrogens with zero attached hydrogens (tertiary/aromatic N) is 1. The van der Waals surface area contributed by atoms with Crippen LogP contribution in [0.2, 0.25) is 0 Å². The number of rotatable bonds is 5. The smallest absolute Gasteiger partial charge is 0.281 e. The number of hydrogen-bond acceptors (Lipinski definition) is 5. The fourth-order valence-corrected chi connectivity index (χ4v) is 3.03. The Labute approximate surface area is 162 Å². The van der Waals surface area contributed by atoms with Crippen molar-refractivity contribution >= 4 is 12.1 Å². The highest BCUT2D eigenvalue weighted by Crippen LogP contribution is 2.32. The maximum Gasteiger partial charge on any atom is 0.281 e. The summed E-state index contributed by atoms with van der Waals surface area (Å²) in [5, 5.41) is 15.3. The fraction of sp³-hybridized carbons (Fsp3) is 0.0909. The van der Waals surface area contributed by atoms with E-state index in [-0.39, 0.29) is 6.79 Å². The topological polar surface area (TPSA) is 80.2 Å². The average Bonchev–Trinajstić information content (AvgIpc) is 3.22. The van der Waals surface area contributed by atoms with Gasteiger partial charge in [0.05, 0.1) is 6.21 Å². The van der Waals surface area contributed by atoms with Crippen LogP contribution in [0, 0.1) is 0 Å². The number of amides is 1. The van der Waals surface area contributed by atoms with Gasteiger partial charge in [-0.3, -0.25) is 4.79 Å². The third-order valence-corrected chi connectivity index (χ3v) is 4.49. The Hall–Kier alpha value is -3.64. The number of hydrogen-bond donors (Lipinski definition) is 2. The van der Waals surface area contributed by atoms with Gasteiger partial charge < -0.3 is 14.6 Å². The van der Waals surface area contributed by atoms with Gasteiger partial charge in [-0.05, 0) is 34.9 Å². The van der Waals surface area contributed by atoms with Gasteiger partial charge in [-0.25, -0.2) is 5.43 Å². The molecule has 4 rings (SSSR count). The minimum absolute atomic E-state index is 0.188. The summed E-state index contributed by atoms with van der Waals surface area (Å²) in [6.07, 6.45) is 1.48. The van der Waals surface area contributed by atoms with Crippen LogP contribution in [-0.4, -0.2) is 24.0 Å². The van der Waals surface area contributed by atoms with Crippen molar-refractivity contribution in [1.29, 1.82) is 0 Å². The molecule has 1 aliphatic rings. The molecule has 1 amide bonds. The molecule has 0 atom stereocenters. The number of hydrazone groups is 1. The first-order chi connectivity index (χ1) is 13.7. The lowest BCUT2D eigenvalue weighted by Gasteiger charge is -2.27. The number of carbonyl (C=O) groups is 1. The molecule has 3 aromatic carbocycles. The third-order valence-electron chi connectivity index (χ3n) is 4.49. The van der Waals surface area contributed by atoms with E-state index in [2.05, 4.69) is 10.5 Å². The minimum Gasteiger partial charge on any atom is -0.454 e. The van der Waals surface area contributed by atoms with E-state index in [1.807, 2.05) is 12.1 Å². The highest BCUT2D eigenvalue weighted by molar-refractivity contribution is 5.91. The summed E-state index contributed by atoms with van der Waals surface area (Å²) in [6.45, 7) is 0.188. The van der Waals surface area contributed by atoms with E-state index < -0.39 is 11.5 Å². The van der Waals surface area contributed by atoms with Gasteiger partial charge in [0.2, 0.25) is 6.79 Å². The predicted molar refractivity (Wildman–Crippen MR) is 104 cm³/mol. The largest absolute Gasteiger partial charge is 0.454 e. The number of nitrogens with one attached hydrogen (secondary N) is 1. The van der Waals surface area contributed by atoms with Crippen LogP contribution in [0.4, 0.5) is 0 Å². The Balaban J connectivity index is 1.58. The minimum atomic E-state index is -1.87. The summed E-state index contributed by atoms with van der Waals surface area (Å²) in [4.78, 5) is 12.9. The predicted octanol–water partition coefficient (Wildman–Crippen LogP) is 2.80. The van der Waals surface area contributed by atoms with Crippen molar-refractivity contribution in [3.05, 3.63) is 95.6 Å². The van der Waals surface area contributed by atoms with Crippen LogP contribution in [0.25, 0.3) is 0 Å². The van der Waals surface area contributed by atoms with Gasteiger partial charge in [0.15, 0.2) is 17.1 Å². The molecule has 3 aromatic rings. The average molecular weight is 374 g/mol. The van der Waals surface area contributed by atoms with Gasteiger partial charge in [0.1, 0.15) is 0 Å². The Morgan fingerprint density at radius 1 is 0.929 bits per heavy atom. The van der Waals surface area contributed by atoms with E-state index >= 15 is 0 Å². The molecule has 140 valence electrons. The van der Waals surface area contributed by atoms with Gasteiger partial charge in [0, 0.05) is 0 Å². The van der Waals surface area contributed by atoms with Gasteiger partial charge in [0.25, 0.3) is 5.91 Å². The fourth-order valence-electron chi connectivity index (χ4n) is 3.03. The summed E-state index contributed by atoms with van der Waals surface area (Å²) in [5.41, 5.74) is 2.22. The number of ether oxygens (including phenoxy) is 2. The molecule has 0 aliphatic carbocycles. The standard InChI is InChI=1S/C22H18N2O4/c25-21(24-23-14-16-11-12-19-20(13-16)28-15-27-19)22(26,17-7-3-1-4-8-17)18-9-5-2-6-10-18/h1-14,26H,15H2,(H,24,25). The van der Waals surface area contributed by atoms with Crippen LogP contribution in [0.15, 0.2) is 84.0 Å². The van der Waals surface area contributed by atoms with E-state index in [1.165, 1.54) is 6.21 Å². The van der Waals surface area contributed by atoms with Crippen molar-refractivity contribution < 1.29 is 19.4 Å². The summed E-state index contributed by atoms with van der Waals surface area (Å²) >= 11 is 0. The Morgan fingerprint density at radius 3 is 2.18 bits per heavy atom. The van der Waals surface area contributed by atoms with Gasteiger partial charge in [-0.1, -0.05) is 60.7 Å². The molecule has 0 unspecified atom stereocenters. The van der Waals surface area contributed by atoms with Crippen LogP contribution in [0.1, 0.15) is 16.7 Å². The molecule has 0 aromatic heterocycles. The summed E-state index contributed by atoms with van der Waals surface area (Å²) < 4.78 is 10.6. The first kappa shape index (κ1) is 17.8. The normalized spacial score (nSPS) is 12.9. The molecule has 0 saturated heterocycles. The van der Waals surface area contributed by atoms with Gasteiger partial charge in [-0.2, -0.15) is 5.10 Å². The Bertz CT molecular complexity index is 964. The van der Waals surface area contributed by atoms with Crippen LogP contribution >= 0.6 is 0 Å². The maximum absolute atomic E-state index is 12.9. The lowest BCUT2D eigenvalue weighted by molar-refractivity contribution is -0.136. The van der Waals surface area contributed by atoms with Crippen molar-refractivity contribution in [2.24, 2.45) is 5.10 Å². The molecule has 6 nitrogen and oxygen atoms in total. The molecule has 1 aliphatic heterocycles. The van der Waals surface area contributed by atoms with Crippen LogP contribution in [0.5, 0.6) is 11.5 Å². The first-order valence-electron chi connectivity index (χ1n) is 8.74. The zero-order valence-electron chi connectivity index (χ0n) is 14.9. The van der Waals surface area contributed by atoms with Crippen LogP contribution in [0.3, 0.4) is 0 Å². The van der Waals surface area contributed by atoms with E-state index in [0.717, 1.165) is 5.56 Å². The molecular weight excluding hydrogens is 356 g/mol. The van der Waals surface area contributed by atoms with Crippen molar-refractivity contribution in [2.75, 3.05) is 6.79 Å². The van der Waals surface area contributed by atoms with Crippen molar-refractivity contribution in [3.63, 3.8) is 0 Å². The van der Waals surface area contributed by atoms with Crippen LogP contribution < -0.4 is 14.9 Å². The number of aliphatic hydroxyl groups is 1. The van der Waals surface area contributed by atoms with E-state index in [0.29, 0.717) is 22.6 Å². The second kappa shape index (κ2) is 7.54. The number of benzene rings is 3. The van der Waals surface area contributed by atoms with Gasteiger partial charge >= 0.3 is 0 Å². The molecule has 6 heteroatoms. The second-order valence-electron chi connectivity index (χ2n) is 6.25. The molecule has 2 N–H and O–H groups in total. The molecule has 0 radical (unpaired) electrons. The summed E-state index contributed by atoms with van der Waals surface area (Å²) in [6, 6.07) is 22.9. The molecule has 0 fully saturated rings. The van der Waals surface area contributed by atoms with E-state index in [4.69, 9.17) is 9.47 Å². The monoisotopic (exact) mass is 374 g/mol. The molecule has 0 spiro atoms. The zero-order chi connectivity index (χ0) is 19.4. The van der Waals surface area contributed by atoms with Crippen molar-refractivity contribution in [2.45, 2.75) is 5.60 Å². The Kier molecular flexibility index (Phi) is 4.78. The lowest BCUT2D eigenvalue weighted by Crippen LogP contribution is -2.43. The van der Waals surface area contributed by atoms with Crippen molar-refractivity contribution in [1.82, 2.24) is 5.43 Å². The molecule has 28 heavy (non-hydrogen) atoms. The molecular formula is C22H18N2O4. The van der Waals surface area contributed by atoms with Gasteiger partial charge in [-0.15, -0.1) is 0 Å². The lowest BCUT2D eigenvalue weighted by atomic mass is 9.85. The Morgan fingerprint density at radius 2 is 1.54 bits per heavy atom. The van der Waals surface area contributed by atoms with Crippen molar-refractivity contribution in [3.8, 4) is 11.5 Å². The second-order valence-corrected chi connectivity index (χ2v) is 6.25. The third kappa shape index (κ3) is 3.33. The molecule has 0 saturated carbocycles. The van der Waals surface area contributed by atoms with E-state index in [1.54, 1.807) is 66.7 Å². The summed E-state index contributed by atoms with van der Waals surface area (Å²) in [5.74, 6) is 0.644. The van der Waals surface area contributed by atoms with E-state index in [9.17, 15) is 9.90 Å².